The fraction of sp³-hybridized carbons (Fsp3) is 0.429. The fourth-order valence-electron chi connectivity index (χ4n) is 2.77. The first-order valence-corrected chi connectivity index (χ1v) is 6.55. The summed E-state index contributed by atoms with van der Waals surface area (Å²) in [5.41, 5.74) is 5.29. The van der Waals surface area contributed by atoms with Gasteiger partial charge in [0.25, 0.3) is 5.91 Å². The lowest BCUT2D eigenvalue weighted by Gasteiger charge is -2.18. The van der Waals surface area contributed by atoms with Crippen LogP contribution < -0.4 is 11.1 Å². The zero-order valence-electron chi connectivity index (χ0n) is 10.9. The molecule has 0 saturated heterocycles. The molecule has 1 amide bonds. The summed E-state index contributed by atoms with van der Waals surface area (Å²) >= 11 is 0. The third-order valence-corrected chi connectivity index (χ3v) is 3.79. The van der Waals surface area contributed by atoms with Crippen molar-refractivity contribution >= 4 is 17.6 Å². The Morgan fingerprint density at radius 2 is 2.15 bits per heavy atom. The lowest BCUT2D eigenvalue weighted by molar-refractivity contribution is -0.142. The molecule has 108 valence electrons. The molecule has 20 heavy (non-hydrogen) atoms. The van der Waals surface area contributed by atoms with E-state index in [0.29, 0.717) is 18.7 Å². The topological polar surface area (TPSA) is 92.4 Å². The number of halogens is 1. The first kappa shape index (κ1) is 14.3. The molecular formula is C14H17FN2O3. The van der Waals surface area contributed by atoms with Crippen LogP contribution in [-0.4, -0.2) is 23.5 Å². The predicted molar refractivity (Wildman–Crippen MR) is 71.9 cm³/mol. The van der Waals surface area contributed by atoms with Gasteiger partial charge in [-0.2, -0.15) is 0 Å². The molecule has 0 bridgehead atoms. The molecular weight excluding hydrogens is 263 g/mol. The smallest absolute Gasteiger partial charge is 0.306 e. The number of amides is 1. The van der Waals surface area contributed by atoms with Crippen molar-refractivity contribution < 1.29 is 19.1 Å². The Morgan fingerprint density at radius 1 is 1.40 bits per heavy atom. The summed E-state index contributed by atoms with van der Waals surface area (Å²) < 4.78 is 13.6. The quantitative estimate of drug-likeness (QED) is 0.767. The number of hydrogen-bond donors (Lipinski definition) is 3. The lowest BCUT2D eigenvalue weighted by atomic mass is 9.96. The summed E-state index contributed by atoms with van der Waals surface area (Å²) in [6, 6.07) is 4.21. The van der Waals surface area contributed by atoms with E-state index < -0.39 is 17.7 Å². The molecule has 0 aliphatic heterocycles. The van der Waals surface area contributed by atoms with Crippen molar-refractivity contribution in [1.29, 1.82) is 0 Å². The monoisotopic (exact) mass is 280 g/mol. The minimum atomic E-state index is -0.841. The highest BCUT2D eigenvalue weighted by Crippen LogP contribution is 2.32. The summed E-state index contributed by atoms with van der Waals surface area (Å²) in [4.78, 5) is 22.4. The molecule has 2 rings (SSSR count). The van der Waals surface area contributed by atoms with Crippen LogP contribution in [0.4, 0.5) is 10.1 Å². The molecule has 1 aliphatic rings. The number of benzene rings is 1. The molecule has 1 saturated carbocycles. The maximum atomic E-state index is 13.6. The number of carbonyl (C=O) groups excluding carboxylic acids is 1. The standard InChI is InChI=1S/C14H17FN2O3/c15-10-5-2-6-11(12(10)13(16)18)17-7-8-3-1-4-9(8)14(19)20/h2,5-6,8-9,17H,1,3-4,7H2,(H2,16,18)(H,19,20). The van der Waals surface area contributed by atoms with Gasteiger partial charge in [-0.3, -0.25) is 9.59 Å². The second kappa shape index (κ2) is 5.90. The van der Waals surface area contributed by atoms with Crippen LogP contribution in [0.2, 0.25) is 0 Å². The van der Waals surface area contributed by atoms with Crippen LogP contribution in [0.1, 0.15) is 29.6 Å². The third-order valence-electron chi connectivity index (χ3n) is 3.79. The predicted octanol–water partition coefficient (Wildman–Crippen LogP) is 1.84. The maximum Gasteiger partial charge on any atom is 0.306 e. The molecule has 0 spiro atoms. The van der Waals surface area contributed by atoms with Crippen LogP contribution in [0, 0.1) is 17.7 Å². The van der Waals surface area contributed by atoms with Gasteiger partial charge >= 0.3 is 5.97 Å². The van der Waals surface area contributed by atoms with E-state index in [4.69, 9.17) is 10.8 Å². The van der Waals surface area contributed by atoms with Gasteiger partial charge in [0.15, 0.2) is 0 Å². The van der Waals surface area contributed by atoms with Gasteiger partial charge in [0, 0.05) is 12.2 Å². The molecule has 6 heteroatoms. The molecule has 2 unspecified atom stereocenters. The van der Waals surface area contributed by atoms with Crippen LogP contribution in [0.25, 0.3) is 0 Å². The Hall–Kier alpha value is -2.11. The summed E-state index contributed by atoms with van der Waals surface area (Å²) in [5.74, 6) is -2.72. The SMILES string of the molecule is NC(=O)c1c(F)cccc1NCC1CCCC1C(=O)O. The Kier molecular flexibility index (Phi) is 4.22. The Labute approximate surface area is 116 Å². The van der Waals surface area contributed by atoms with Crippen molar-refractivity contribution in [3.63, 3.8) is 0 Å². The average Bonchev–Trinajstić information content (AvgIpc) is 2.84. The largest absolute Gasteiger partial charge is 0.481 e. The van der Waals surface area contributed by atoms with Crippen LogP contribution in [0.15, 0.2) is 18.2 Å². The van der Waals surface area contributed by atoms with E-state index in [0.717, 1.165) is 12.8 Å². The van der Waals surface area contributed by atoms with Crippen molar-refractivity contribution in [3.8, 4) is 0 Å². The van der Waals surface area contributed by atoms with Gasteiger partial charge in [-0.05, 0) is 30.9 Å². The zero-order valence-corrected chi connectivity index (χ0v) is 10.9. The molecule has 1 fully saturated rings. The number of nitrogens with one attached hydrogen (secondary N) is 1. The van der Waals surface area contributed by atoms with Gasteiger partial charge in [0.1, 0.15) is 5.82 Å². The van der Waals surface area contributed by atoms with Gasteiger partial charge in [0.05, 0.1) is 11.5 Å². The summed E-state index contributed by atoms with van der Waals surface area (Å²) in [5, 5.41) is 12.1. The number of rotatable bonds is 5. The van der Waals surface area contributed by atoms with Crippen molar-refractivity contribution in [2.75, 3.05) is 11.9 Å². The minimum Gasteiger partial charge on any atom is -0.481 e. The Balaban J connectivity index is 2.10. The summed E-state index contributed by atoms with van der Waals surface area (Å²) in [6.07, 6.45) is 2.34. The maximum absolute atomic E-state index is 13.6. The second-order valence-corrected chi connectivity index (χ2v) is 5.04. The number of aliphatic carboxylic acids is 1. The van der Waals surface area contributed by atoms with Crippen molar-refractivity contribution in [2.24, 2.45) is 17.6 Å². The molecule has 0 aromatic heterocycles. The summed E-state index contributed by atoms with van der Waals surface area (Å²) in [6.45, 7) is 0.390. The highest BCUT2D eigenvalue weighted by molar-refractivity contribution is 5.98. The fourth-order valence-corrected chi connectivity index (χ4v) is 2.77. The van der Waals surface area contributed by atoms with Crippen molar-refractivity contribution in [3.05, 3.63) is 29.6 Å². The first-order chi connectivity index (χ1) is 9.50. The number of hydrogen-bond acceptors (Lipinski definition) is 3. The van der Waals surface area contributed by atoms with E-state index in [9.17, 15) is 14.0 Å². The number of carbonyl (C=O) groups is 2. The highest BCUT2D eigenvalue weighted by Gasteiger charge is 2.32. The van der Waals surface area contributed by atoms with E-state index in [1.807, 2.05) is 0 Å². The molecule has 1 aliphatic carbocycles. The van der Waals surface area contributed by atoms with E-state index in [-0.39, 0.29) is 17.4 Å². The molecule has 5 nitrogen and oxygen atoms in total. The third kappa shape index (κ3) is 2.89. The number of anilines is 1. The molecule has 0 radical (unpaired) electrons. The number of carboxylic acid groups (broad SMARTS) is 1. The van der Waals surface area contributed by atoms with Gasteiger partial charge in [-0.25, -0.2) is 4.39 Å². The van der Waals surface area contributed by atoms with Gasteiger partial charge < -0.3 is 16.2 Å². The van der Waals surface area contributed by atoms with Crippen molar-refractivity contribution in [2.45, 2.75) is 19.3 Å². The Morgan fingerprint density at radius 3 is 2.80 bits per heavy atom. The number of nitrogens with two attached hydrogens (primary N) is 1. The second-order valence-electron chi connectivity index (χ2n) is 5.04. The van der Waals surface area contributed by atoms with E-state index >= 15 is 0 Å². The van der Waals surface area contributed by atoms with Gasteiger partial charge in [-0.15, -0.1) is 0 Å². The molecule has 1 aromatic carbocycles. The lowest BCUT2D eigenvalue weighted by Crippen LogP contribution is -2.25. The molecule has 2 atom stereocenters. The minimum absolute atomic E-state index is 0.0171. The van der Waals surface area contributed by atoms with E-state index in [1.165, 1.54) is 12.1 Å². The highest BCUT2D eigenvalue weighted by atomic mass is 19.1. The Bertz CT molecular complexity index is 533. The molecule has 1 aromatic rings. The number of carboxylic acids is 1. The van der Waals surface area contributed by atoms with Gasteiger partial charge in [0.2, 0.25) is 0 Å². The normalized spacial score (nSPS) is 21.6. The molecule has 0 heterocycles. The van der Waals surface area contributed by atoms with Crippen LogP contribution in [-0.2, 0) is 4.79 Å². The van der Waals surface area contributed by atoms with Crippen LogP contribution >= 0.6 is 0 Å². The van der Waals surface area contributed by atoms with Crippen LogP contribution in [0.3, 0.4) is 0 Å². The number of primary amides is 1. The van der Waals surface area contributed by atoms with E-state index in [1.54, 1.807) is 6.07 Å². The van der Waals surface area contributed by atoms with Crippen molar-refractivity contribution in [1.82, 2.24) is 0 Å². The average molecular weight is 280 g/mol. The summed E-state index contributed by atoms with van der Waals surface area (Å²) in [7, 11) is 0. The van der Waals surface area contributed by atoms with Crippen LogP contribution in [0.5, 0.6) is 0 Å². The van der Waals surface area contributed by atoms with Gasteiger partial charge in [-0.1, -0.05) is 12.5 Å². The molecule has 4 N–H and O–H groups in total. The zero-order chi connectivity index (χ0) is 14.7. The first-order valence-electron chi connectivity index (χ1n) is 6.55. The van der Waals surface area contributed by atoms with E-state index in [2.05, 4.69) is 5.32 Å².